The van der Waals surface area contributed by atoms with E-state index < -0.39 is 0 Å². The Balaban J connectivity index is 1.81. The molecule has 0 spiro atoms. The number of aliphatic hydroxyl groups is 1. The maximum absolute atomic E-state index is 9.18. The fourth-order valence-electron chi connectivity index (χ4n) is 2.86. The molecule has 0 saturated carbocycles. The third-order valence-electron chi connectivity index (χ3n) is 4.28. The summed E-state index contributed by atoms with van der Waals surface area (Å²) < 4.78 is 6.06. The zero-order chi connectivity index (χ0) is 16.2. The van der Waals surface area contributed by atoms with Gasteiger partial charge in [0.05, 0.1) is 6.54 Å². The summed E-state index contributed by atoms with van der Waals surface area (Å²) in [6.45, 7) is 7.05. The highest BCUT2D eigenvalue weighted by Gasteiger charge is 2.15. The molecule has 0 saturated heterocycles. The highest BCUT2D eigenvalue weighted by Crippen LogP contribution is 2.27. The first-order valence-corrected chi connectivity index (χ1v) is 8.90. The number of aliphatic hydroxyl groups excluding tert-OH is 1. The molecule has 0 aliphatic heterocycles. The number of thiophene rings is 1. The first kappa shape index (κ1) is 16.2. The molecule has 23 heavy (non-hydrogen) atoms. The lowest BCUT2D eigenvalue weighted by Gasteiger charge is -2.21. The van der Waals surface area contributed by atoms with E-state index in [9.17, 15) is 5.11 Å². The molecular weight excluding hydrogens is 306 g/mol. The predicted molar refractivity (Wildman–Crippen MR) is 95.8 cm³/mol. The summed E-state index contributed by atoms with van der Waals surface area (Å²) in [4.78, 5) is 3.75. The molecule has 0 fully saturated rings. The van der Waals surface area contributed by atoms with Gasteiger partial charge >= 0.3 is 0 Å². The van der Waals surface area contributed by atoms with Gasteiger partial charge in [-0.2, -0.15) is 0 Å². The molecule has 0 bridgehead atoms. The van der Waals surface area contributed by atoms with E-state index in [1.165, 1.54) is 21.4 Å². The van der Waals surface area contributed by atoms with E-state index in [0.717, 1.165) is 37.4 Å². The molecule has 0 amide bonds. The summed E-state index contributed by atoms with van der Waals surface area (Å²) in [7, 11) is 0. The van der Waals surface area contributed by atoms with E-state index in [1.54, 1.807) is 11.3 Å². The Kier molecular flexibility index (Phi) is 5.16. The molecule has 0 unspecified atom stereocenters. The van der Waals surface area contributed by atoms with Gasteiger partial charge in [-0.15, -0.1) is 11.3 Å². The van der Waals surface area contributed by atoms with Gasteiger partial charge in [0.15, 0.2) is 0 Å². The topological polar surface area (TPSA) is 36.6 Å². The van der Waals surface area contributed by atoms with E-state index in [0.29, 0.717) is 0 Å². The van der Waals surface area contributed by atoms with Crippen LogP contribution in [0.5, 0.6) is 0 Å². The lowest BCUT2D eigenvalue weighted by Crippen LogP contribution is -2.24. The minimum atomic E-state index is 0.221. The number of benzene rings is 1. The van der Waals surface area contributed by atoms with Gasteiger partial charge in [0.2, 0.25) is 0 Å². The SMILES string of the molecule is Cc1ccsc1CN(CCCO)Cc1oc2ccccc2c1C. The van der Waals surface area contributed by atoms with Crippen LogP contribution in [-0.2, 0) is 13.1 Å². The Morgan fingerprint density at radius 3 is 2.65 bits per heavy atom. The Morgan fingerprint density at radius 1 is 1.13 bits per heavy atom. The van der Waals surface area contributed by atoms with Crippen LogP contribution < -0.4 is 0 Å². The zero-order valence-corrected chi connectivity index (χ0v) is 14.5. The van der Waals surface area contributed by atoms with E-state index >= 15 is 0 Å². The zero-order valence-electron chi connectivity index (χ0n) is 13.7. The van der Waals surface area contributed by atoms with Gasteiger partial charge in [-0.3, -0.25) is 4.90 Å². The van der Waals surface area contributed by atoms with Crippen molar-refractivity contribution in [3.05, 3.63) is 57.5 Å². The van der Waals surface area contributed by atoms with Gasteiger partial charge in [-0.05, 0) is 48.9 Å². The summed E-state index contributed by atoms with van der Waals surface area (Å²) in [5.74, 6) is 1.03. The number of rotatable bonds is 7. The molecule has 3 aromatic rings. The monoisotopic (exact) mass is 329 g/mol. The standard InChI is InChI=1S/C19H23NO2S/c1-14-8-11-23-19(14)13-20(9-5-10-21)12-18-15(2)16-6-3-4-7-17(16)22-18/h3-4,6-8,11,21H,5,9-10,12-13H2,1-2H3. The van der Waals surface area contributed by atoms with Crippen LogP contribution in [0.1, 0.15) is 28.2 Å². The Bertz CT molecular complexity index is 775. The van der Waals surface area contributed by atoms with E-state index in [2.05, 4.69) is 36.3 Å². The van der Waals surface area contributed by atoms with Gasteiger partial charge < -0.3 is 9.52 Å². The van der Waals surface area contributed by atoms with Crippen LogP contribution in [0.4, 0.5) is 0 Å². The maximum Gasteiger partial charge on any atom is 0.134 e. The molecule has 2 heterocycles. The fourth-order valence-corrected chi connectivity index (χ4v) is 3.80. The van der Waals surface area contributed by atoms with Crippen molar-refractivity contribution in [1.29, 1.82) is 0 Å². The number of hydrogen-bond acceptors (Lipinski definition) is 4. The second kappa shape index (κ2) is 7.30. The Morgan fingerprint density at radius 2 is 1.96 bits per heavy atom. The summed E-state index contributed by atoms with van der Waals surface area (Å²) in [6, 6.07) is 10.4. The first-order valence-electron chi connectivity index (χ1n) is 8.02. The van der Waals surface area contributed by atoms with Crippen LogP contribution in [0.15, 0.2) is 40.1 Å². The summed E-state index contributed by atoms with van der Waals surface area (Å²) in [6.07, 6.45) is 0.781. The molecule has 3 rings (SSSR count). The molecule has 2 aromatic heterocycles. The number of fused-ring (bicyclic) bond motifs is 1. The second-order valence-electron chi connectivity index (χ2n) is 5.96. The first-order chi connectivity index (χ1) is 11.2. The van der Waals surface area contributed by atoms with Crippen molar-refractivity contribution < 1.29 is 9.52 Å². The molecule has 4 heteroatoms. The van der Waals surface area contributed by atoms with Crippen molar-refractivity contribution in [3.8, 4) is 0 Å². The van der Waals surface area contributed by atoms with Gasteiger partial charge in [-0.1, -0.05) is 18.2 Å². The molecule has 0 aliphatic rings. The van der Waals surface area contributed by atoms with Crippen LogP contribution in [0.25, 0.3) is 11.0 Å². The third-order valence-corrected chi connectivity index (χ3v) is 5.29. The highest BCUT2D eigenvalue weighted by atomic mass is 32.1. The molecular formula is C19H23NO2S. The largest absolute Gasteiger partial charge is 0.459 e. The summed E-state index contributed by atoms with van der Waals surface area (Å²) in [5, 5.41) is 12.5. The normalized spacial score (nSPS) is 11.7. The van der Waals surface area contributed by atoms with Gasteiger partial charge in [0, 0.05) is 30.0 Å². The molecule has 122 valence electrons. The van der Waals surface area contributed by atoms with E-state index in [1.807, 2.05) is 18.2 Å². The van der Waals surface area contributed by atoms with Gasteiger partial charge in [0.25, 0.3) is 0 Å². The Hall–Kier alpha value is -1.62. The minimum Gasteiger partial charge on any atom is -0.459 e. The van der Waals surface area contributed by atoms with Gasteiger partial charge in [-0.25, -0.2) is 0 Å². The average molecular weight is 329 g/mol. The molecule has 3 nitrogen and oxygen atoms in total. The maximum atomic E-state index is 9.18. The molecule has 0 atom stereocenters. The van der Waals surface area contributed by atoms with Crippen molar-refractivity contribution in [2.45, 2.75) is 33.4 Å². The lowest BCUT2D eigenvalue weighted by atomic mass is 10.1. The molecule has 0 aliphatic carbocycles. The van der Waals surface area contributed by atoms with Crippen molar-refractivity contribution in [2.24, 2.45) is 0 Å². The van der Waals surface area contributed by atoms with Crippen LogP contribution in [0, 0.1) is 13.8 Å². The van der Waals surface area contributed by atoms with Crippen molar-refractivity contribution in [1.82, 2.24) is 4.90 Å². The van der Waals surface area contributed by atoms with Crippen LogP contribution in [0.2, 0.25) is 0 Å². The van der Waals surface area contributed by atoms with Crippen LogP contribution in [-0.4, -0.2) is 23.2 Å². The number of furan rings is 1. The van der Waals surface area contributed by atoms with Crippen molar-refractivity contribution in [2.75, 3.05) is 13.2 Å². The van der Waals surface area contributed by atoms with E-state index in [-0.39, 0.29) is 6.61 Å². The molecule has 0 radical (unpaired) electrons. The van der Waals surface area contributed by atoms with Crippen molar-refractivity contribution in [3.63, 3.8) is 0 Å². The fraction of sp³-hybridized carbons (Fsp3) is 0.368. The summed E-state index contributed by atoms with van der Waals surface area (Å²) in [5.41, 5.74) is 3.51. The van der Waals surface area contributed by atoms with E-state index in [4.69, 9.17) is 4.42 Å². The number of hydrogen-bond donors (Lipinski definition) is 1. The lowest BCUT2D eigenvalue weighted by molar-refractivity contribution is 0.203. The highest BCUT2D eigenvalue weighted by molar-refractivity contribution is 7.10. The number of aryl methyl sites for hydroxylation is 2. The van der Waals surface area contributed by atoms with Crippen molar-refractivity contribution >= 4 is 22.3 Å². The Labute approximate surface area is 141 Å². The minimum absolute atomic E-state index is 0.221. The molecule has 1 aromatic carbocycles. The smallest absolute Gasteiger partial charge is 0.134 e. The van der Waals surface area contributed by atoms with Crippen LogP contribution in [0.3, 0.4) is 0 Å². The second-order valence-corrected chi connectivity index (χ2v) is 6.96. The third kappa shape index (κ3) is 3.66. The predicted octanol–water partition coefficient (Wildman–Crippen LogP) is 4.50. The number of para-hydroxylation sites is 1. The quantitative estimate of drug-likeness (QED) is 0.693. The number of nitrogens with zero attached hydrogens (tertiary/aromatic N) is 1. The summed E-state index contributed by atoms with van der Waals surface area (Å²) >= 11 is 1.80. The van der Waals surface area contributed by atoms with Crippen LogP contribution >= 0.6 is 11.3 Å². The van der Waals surface area contributed by atoms with Gasteiger partial charge in [0.1, 0.15) is 11.3 Å². The average Bonchev–Trinajstić information content (AvgIpc) is 3.10. The molecule has 1 N–H and O–H groups in total.